The second-order valence-electron chi connectivity index (χ2n) is 17.3. The molecule has 0 radical (unpaired) electrons. The minimum absolute atomic E-state index is 0.0438. The average Bonchev–Trinajstić information content (AvgIpc) is 3.44. The lowest BCUT2D eigenvalue weighted by Crippen LogP contribution is -2.50. The summed E-state index contributed by atoms with van der Waals surface area (Å²) in [4.78, 5) is 37.3. The van der Waals surface area contributed by atoms with Gasteiger partial charge in [0.25, 0.3) is 0 Å². The van der Waals surface area contributed by atoms with Crippen LogP contribution in [0.4, 0.5) is 0 Å². The Morgan fingerprint density at radius 3 is 2.39 bits per heavy atom. The molecule has 54 heavy (non-hydrogen) atoms. The summed E-state index contributed by atoms with van der Waals surface area (Å²) >= 11 is 0. The number of benzene rings is 2. The Balaban J connectivity index is 0.000000157. The average molecular weight is 741 g/mol. The zero-order valence-electron chi connectivity index (χ0n) is 32.4. The molecule has 0 bridgehead atoms. The van der Waals surface area contributed by atoms with Gasteiger partial charge in [0.05, 0.1) is 25.7 Å². The smallest absolute Gasteiger partial charge is 0.302 e. The van der Waals surface area contributed by atoms with Crippen molar-refractivity contribution in [3.8, 4) is 34.5 Å². The van der Waals surface area contributed by atoms with Crippen LogP contribution in [0.3, 0.4) is 0 Å². The normalized spacial score (nSPS) is 33.4. The third-order valence-corrected chi connectivity index (χ3v) is 13.8. The predicted molar refractivity (Wildman–Crippen MR) is 201 cm³/mol. The molecule has 288 valence electrons. The molecule has 3 heterocycles. The molecule has 3 aliphatic heterocycles. The molecule has 3 saturated carbocycles. The van der Waals surface area contributed by atoms with E-state index in [0.717, 1.165) is 44.9 Å². The zero-order chi connectivity index (χ0) is 38.3. The van der Waals surface area contributed by atoms with Crippen molar-refractivity contribution in [1.29, 1.82) is 0 Å². The number of carbonyl (C=O) groups excluding carboxylic acids is 3. The van der Waals surface area contributed by atoms with Crippen LogP contribution < -0.4 is 23.7 Å². The van der Waals surface area contributed by atoms with E-state index in [1.165, 1.54) is 32.1 Å². The second-order valence-corrected chi connectivity index (χ2v) is 17.3. The molecule has 0 aromatic heterocycles. The number of rotatable bonds is 3. The summed E-state index contributed by atoms with van der Waals surface area (Å²) in [5.41, 5.74) is 2.67. The van der Waals surface area contributed by atoms with Gasteiger partial charge in [-0.25, -0.2) is 0 Å². The number of esters is 1. The van der Waals surface area contributed by atoms with Crippen LogP contribution in [0.2, 0.25) is 0 Å². The third kappa shape index (κ3) is 5.77. The van der Waals surface area contributed by atoms with Gasteiger partial charge in [0.2, 0.25) is 0 Å². The topological polar surface area (TPSA) is 127 Å². The van der Waals surface area contributed by atoms with Crippen LogP contribution in [-0.2, 0) is 14.3 Å². The SMILES string of the molecule is CC(=O)OC1CCC2(C)C(=CCC3C4CCC(=O)C4(C)CCC32)C1.COc1cc2c(cc1OC)C1C(=O)c3c(O)cc4c(c3OC1CO2)C=CC(C)(C)O4. The fraction of sp³-hybridized carbons (Fsp3) is 0.568. The molecule has 8 unspecified atom stereocenters. The molecule has 0 amide bonds. The number of phenolic OH excluding ortho intramolecular Hbond substituents is 1. The summed E-state index contributed by atoms with van der Waals surface area (Å²) in [7, 11) is 3.07. The Morgan fingerprint density at radius 2 is 1.65 bits per heavy atom. The second kappa shape index (κ2) is 13.1. The van der Waals surface area contributed by atoms with Crippen molar-refractivity contribution in [2.75, 3.05) is 20.8 Å². The van der Waals surface area contributed by atoms with E-state index in [9.17, 15) is 19.5 Å². The van der Waals surface area contributed by atoms with E-state index in [1.54, 1.807) is 19.2 Å². The number of allylic oxidation sites excluding steroid dienone is 1. The molecule has 3 fully saturated rings. The van der Waals surface area contributed by atoms with E-state index in [0.29, 0.717) is 63.4 Å². The number of carbonyl (C=O) groups is 3. The van der Waals surface area contributed by atoms with E-state index in [1.807, 2.05) is 26.0 Å². The number of ether oxygens (including phenoxy) is 6. The van der Waals surface area contributed by atoms with Gasteiger partial charge in [-0.1, -0.05) is 25.5 Å². The molecule has 9 rings (SSSR count). The van der Waals surface area contributed by atoms with E-state index in [-0.39, 0.29) is 46.6 Å². The van der Waals surface area contributed by atoms with Crippen LogP contribution in [0.15, 0.2) is 35.9 Å². The van der Waals surface area contributed by atoms with Crippen molar-refractivity contribution < 1.29 is 47.9 Å². The number of ketones is 2. The Bertz CT molecular complexity index is 1980. The van der Waals surface area contributed by atoms with Crippen LogP contribution >= 0.6 is 0 Å². The van der Waals surface area contributed by atoms with Gasteiger partial charge in [-0.2, -0.15) is 0 Å². The van der Waals surface area contributed by atoms with Crippen LogP contribution in [0.5, 0.6) is 34.5 Å². The minimum Gasteiger partial charge on any atom is -0.507 e. The Labute approximate surface area is 317 Å². The summed E-state index contributed by atoms with van der Waals surface area (Å²) in [6.07, 6.45) is 14.1. The van der Waals surface area contributed by atoms with E-state index < -0.39 is 17.6 Å². The van der Waals surface area contributed by atoms with Crippen molar-refractivity contribution >= 4 is 23.6 Å². The summed E-state index contributed by atoms with van der Waals surface area (Å²) in [6.45, 7) is 10.2. The lowest BCUT2D eigenvalue weighted by Gasteiger charge is -2.56. The quantitative estimate of drug-likeness (QED) is 0.243. The molecule has 8 atom stereocenters. The highest BCUT2D eigenvalue weighted by atomic mass is 16.6. The molecule has 7 aliphatic rings. The predicted octanol–water partition coefficient (Wildman–Crippen LogP) is 8.16. The van der Waals surface area contributed by atoms with Crippen LogP contribution in [0.1, 0.15) is 113 Å². The number of hydrogen-bond acceptors (Lipinski definition) is 10. The highest BCUT2D eigenvalue weighted by molar-refractivity contribution is 6.08. The Morgan fingerprint density at radius 1 is 0.926 bits per heavy atom. The first-order chi connectivity index (χ1) is 25.7. The molecule has 10 nitrogen and oxygen atoms in total. The Kier molecular flexibility index (Phi) is 8.85. The van der Waals surface area contributed by atoms with Crippen molar-refractivity contribution in [3.05, 3.63) is 52.6 Å². The Hall–Kier alpha value is -4.47. The van der Waals surface area contributed by atoms with Gasteiger partial charge in [-0.05, 0) is 93.8 Å². The van der Waals surface area contributed by atoms with Crippen molar-refractivity contribution in [2.45, 2.75) is 110 Å². The number of phenols is 1. The lowest BCUT2D eigenvalue weighted by molar-refractivity contribution is -0.148. The van der Waals surface area contributed by atoms with Crippen LogP contribution in [0, 0.1) is 28.6 Å². The van der Waals surface area contributed by atoms with Crippen molar-refractivity contribution in [1.82, 2.24) is 0 Å². The molecule has 1 N–H and O–H groups in total. The van der Waals surface area contributed by atoms with Gasteiger partial charge in [0.15, 0.2) is 17.3 Å². The van der Waals surface area contributed by atoms with Gasteiger partial charge in [-0.3, -0.25) is 14.4 Å². The van der Waals surface area contributed by atoms with Crippen LogP contribution in [0.25, 0.3) is 6.08 Å². The van der Waals surface area contributed by atoms with Gasteiger partial charge in [-0.15, -0.1) is 0 Å². The monoisotopic (exact) mass is 740 g/mol. The highest BCUT2D eigenvalue weighted by Gasteiger charge is 2.58. The summed E-state index contributed by atoms with van der Waals surface area (Å²) in [5, 5.41) is 10.7. The molecule has 2 aromatic rings. The van der Waals surface area contributed by atoms with Gasteiger partial charge < -0.3 is 33.5 Å². The molecular weight excluding hydrogens is 688 g/mol. The molecule has 2 aromatic carbocycles. The lowest BCUT2D eigenvalue weighted by atomic mass is 9.48. The highest BCUT2D eigenvalue weighted by Crippen LogP contribution is 2.64. The summed E-state index contributed by atoms with van der Waals surface area (Å²) in [6, 6.07) is 4.92. The van der Waals surface area contributed by atoms with Gasteiger partial charge in [0.1, 0.15) is 58.8 Å². The first-order valence-corrected chi connectivity index (χ1v) is 19.4. The zero-order valence-corrected chi connectivity index (χ0v) is 32.4. The molecule has 0 spiro atoms. The van der Waals surface area contributed by atoms with E-state index in [4.69, 9.17) is 28.4 Å². The largest absolute Gasteiger partial charge is 0.507 e. The van der Waals surface area contributed by atoms with Gasteiger partial charge >= 0.3 is 5.97 Å². The first-order valence-electron chi connectivity index (χ1n) is 19.4. The minimum atomic E-state index is -0.630. The maximum absolute atomic E-state index is 13.6. The summed E-state index contributed by atoms with van der Waals surface area (Å²) in [5.74, 6) is 3.67. The molecule has 4 aliphatic carbocycles. The number of hydrogen-bond donors (Lipinski definition) is 1. The maximum atomic E-state index is 13.6. The molecule has 0 saturated heterocycles. The number of aromatic hydroxyl groups is 1. The van der Waals surface area contributed by atoms with E-state index in [2.05, 4.69) is 19.9 Å². The van der Waals surface area contributed by atoms with Crippen LogP contribution in [-0.4, -0.2) is 61.3 Å². The fourth-order valence-electron chi connectivity index (χ4n) is 11.0. The summed E-state index contributed by atoms with van der Waals surface area (Å²) < 4.78 is 34.3. The number of fused-ring (bicyclic) bond motifs is 11. The molecular formula is C44H52O10. The van der Waals surface area contributed by atoms with Crippen molar-refractivity contribution in [3.63, 3.8) is 0 Å². The van der Waals surface area contributed by atoms with Gasteiger partial charge in [0, 0.05) is 42.9 Å². The number of Topliss-reactive ketones (excluding diaryl/α,β-unsaturated/α-hetero) is 2. The molecule has 10 heteroatoms. The third-order valence-electron chi connectivity index (χ3n) is 13.8. The maximum Gasteiger partial charge on any atom is 0.302 e. The van der Waals surface area contributed by atoms with E-state index >= 15 is 0 Å². The fourth-order valence-corrected chi connectivity index (χ4v) is 11.0. The van der Waals surface area contributed by atoms with Crippen molar-refractivity contribution in [2.24, 2.45) is 28.6 Å². The standard InChI is InChI=1S/C23H22O7.C21H30O3/c1-23(2)6-5-11-15(30-23)8-13(24)20-21(25)19-12-7-16(26-3)17(27-4)9-14(12)28-10-18(19)29-22(11)20;1-13(22)24-15-8-10-20(2)14(12-15)4-5-16-17-6-7-19(23)21(17,3)11-9-18(16)20/h5-9,18-19,24H,10H2,1-4H3;4,15-18H,5-12H2,1-3H3. The number of methoxy groups -OCH3 is 2. The first kappa shape index (κ1) is 36.5.